The van der Waals surface area contributed by atoms with Crippen LogP contribution in [0.1, 0.15) is 23.0 Å². The van der Waals surface area contributed by atoms with Gasteiger partial charge in [-0.1, -0.05) is 84.9 Å². The highest BCUT2D eigenvalue weighted by atomic mass is 16.1. The van der Waals surface area contributed by atoms with Crippen LogP contribution in [0.15, 0.2) is 84.9 Å². The average molecular weight is 368 g/mol. The van der Waals surface area contributed by atoms with E-state index >= 15 is 0 Å². The Labute approximate surface area is 165 Å². The van der Waals surface area contributed by atoms with Gasteiger partial charge < -0.3 is 11.5 Å². The molecule has 2 atom stereocenters. The van der Waals surface area contributed by atoms with E-state index in [9.17, 15) is 4.79 Å². The van der Waals surface area contributed by atoms with E-state index in [1.54, 1.807) is 0 Å². The second kappa shape index (κ2) is 7.93. The first kappa shape index (κ1) is 18.4. The summed E-state index contributed by atoms with van der Waals surface area (Å²) in [5, 5.41) is 4.37. The van der Waals surface area contributed by atoms with Crippen LogP contribution in [-0.2, 0) is 4.79 Å². The smallest absolute Gasteiger partial charge is 0.150 e. The minimum atomic E-state index is -0.390. The molecule has 4 N–H and O–H groups in total. The van der Waals surface area contributed by atoms with Crippen LogP contribution in [0.3, 0.4) is 0 Å². The van der Waals surface area contributed by atoms with Crippen molar-refractivity contribution < 1.29 is 4.79 Å². The number of fused-ring (bicyclic) bond motifs is 2. The Morgan fingerprint density at radius 1 is 0.607 bits per heavy atom. The summed E-state index contributed by atoms with van der Waals surface area (Å²) >= 11 is 0. The Kier molecular flexibility index (Phi) is 5.20. The molecule has 0 saturated heterocycles. The SMILES string of the molecule is NCC(C(=O)C(CN)c1cccc2ccccc12)c1cccc2ccccc12. The van der Waals surface area contributed by atoms with E-state index in [2.05, 4.69) is 36.4 Å². The third kappa shape index (κ3) is 3.19. The van der Waals surface area contributed by atoms with Gasteiger partial charge in [0.2, 0.25) is 0 Å². The van der Waals surface area contributed by atoms with E-state index in [1.165, 1.54) is 0 Å². The summed E-state index contributed by atoms with van der Waals surface area (Å²) in [6.45, 7) is 0.516. The summed E-state index contributed by atoms with van der Waals surface area (Å²) in [6, 6.07) is 28.3. The van der Waals surface area contributed by atoms with Gasteiger partial charge in [0.15, 0.2) is 0 Å². The standard InChI is InChI=1S/C25H24N2O/c26-15-23(21-13-5-9-17-7-1-3-11-19(17)21)25(28)24(16-27)22-14-6-10-18-8-2-4-12-20(18)22/h1-14,23-24H,15-16,26-27H2. The second-order valence-corrected chi connectivity index (χ2v) is 7.12. The number of nitrogens with two attached hydrogens (primary N) is 2. The van der Waals surface area contributed by atoms with Gasteiger partial charge in [0.1, 0.15) is 5.78 Å². The third-order valence-electron chi connectivity index (χ3n) is 5.56. The summed E-state index contributed by atoms with van der Waals surface area (Å²) in [4.78, 5) is 13.6. The molecule has 3 heteroatoms. The van der Waals surface area contributed by atoms with Crippen LogP contribution in [0.4, 0.5) is 0 Å². The molecule has 0 radical (unpaired) electrons. The topological polar surface area (TPSA) is 69.1 Å². The van der Waals surface area contributed by atoms with Crippen molar-refractivity contribution in [2.45, 2.75) is 11.8 Å². The first-order chi connectivity index (χ1) is 13.7. The van der Waals surface area contributed by atoms with Gasteiger partial charge in [0, 0.05) is 13.1 Å². The number of benzene rings is 4. The van der Waals surface area contributed by atoms with Gasteiger partial charge in [-0.05, 0) is 32.7 Å². The summed E-state index contributed by atoms with van der Waals surface area (Å²) in [5.74, 6) is -0.699. The molecular weight excluding hydrogens is 344 g/mol. The molecule has 0 bridgehead atoms. The van der Waals surface area contributed by atoms with Gasteiger partial charge in [-0.25, -0.2) is 0 Å². The Hall–Kier alpha value is -3.01. The van der Waals surface area contributed by atoms with Crippen molar-refractivity contribution in [3.8, 4) is 0 Å². The molecule has 2 unspecified atom stereocenters. The van der Waals surface area contributed by atoms with Crippen LogP contribution >= 0.6 is 0 Å². The van der Waals surface area contributed by atoms with Crippen LogP contribution in [-0.4, -0.2) is 18.9 Å². The van der Waals surface area contributed by atoms with Crippen LogP contribution < -0.4 is 11.5 Å². The number of carbonyl (C=O) groups is 1. The van der Waals surface area contributed by atoms with Gasteiger partial charge in [0.05, 0.1) is 11.8 Å². The van der Waals surface area contributed by atoms with Gasteiger partial charge in [-0.3, -0.25) is 4.79 Å². The van der Waals surface area contributed by atoms with Crippen molar-refractivity contribution in [2.75, 3.05) is 13.1 Å². The van der Waals surface area contributed by atoms with E-state index < -0.39 is 11.8 Å². The minimum absolute atomic E-state index is 0.0812. The lowest BCUT2D eigenvalue weighted by Crippen LogP contribution is -2.31. The van der Waals surface area contributed by atoms with Crippen LogP contribution in [0.25, 0.3) is 21.5 Å². The first-order valence-electron chi connectivity index (χ1n) is 9.63. The van der Waals surface area contributed by atoms with Crippen molar-refractivity contribution >= 4 is 27.3 Å². The predicted octanol–water partition coefficient (Wildman–Crippen LogP) is 4.35. The maximum atomic E-state index is 13.6. The molecule has 0 aliphatic heterocycles. The molecule has 0 aliphatic rings. The molecule has 0 aromatic heterocycles. The highest BCUT2D eigenvalue weighted by molar-refractivity contribution is 6.00. The van der Waals surface area contributed by atoms with E-state index in [0.29, 0.717) is 0 Å². The summed E-state index contributed by atoms with van der Waals surface area (Å²) in [7, 11) is 0. The molecule has 0 amide bonds. The van der Waals surface area contributed by atoms with E-state index in [0.717, 1.165) is 32.7 Å². The molecule has 0 heterocycles. The molecule has 0 fully saturated rings. The zero-order valence-corrected chi connectivity index (χ0v) is 15.7. The zero-order valence-electron chi connectivity index (χ0n) is 15.7. The maximum absolute atomic E-state index is 13.6. The van der Waals surface area contributed by atoms with E-state index in [-0.39, 0.29) is 18.9 Å². The monoisotopic (exact) mass is 368 g/mol. The molecule has 4 aromatic carbocycles. The van der Waals surface area contributed by atoms with Crippen molar-refractivity contribution in [2.24, 2.45) is 11.5 Å². The average Bonchev–Trinajstić information content (AvgIpc) is 2.75. The Morgan fingerprint density at radius 2 is 1.00 bits per heavy atom. The highest BCUT2D eigenvalue weighted by Gasteiger charge is 2.29. The number of Topliss-reactive ketones (excluding diaryl/α,β-unsaturated/α-hetero) is 1. The van der Waals surface area contributed by atoms with Crippen molar-refractivity contribution in [3.63, 3.8) is 0 Å². The van der Waals surface area contributed by atoms with Crippen LogP contribution in [0.2, 0.25) is 0 Å². The maximum Gasteiger partial charge on any atom is 0.150 e. The predicted molar refractivity (Wildman–Crippen MR) is 116 cm³/mol. The molecule has 4 rings (SSSR count). The lowest BCUT2D eigenvalue weighted by atomic mass is 9.81. The molecule has 0 spiro atoms. The number of ketones is 1. The Bertz CT molecular complexity index is 1040. The van der Waals surface area contributed by atoms with Gasteiger partial charge >= 0.3 is 0 Å². The first-order valence-corrected chi connectivity index (χ1v) is 9.63. The van der Waals surface area contributed by atoms with Crippen LogP contribution in [0, 0.1) is 0 Å². The Morgan fingerprint density at radius 3 is 1.43 bits per heavy atom. The molecule has 0 aliphatic carbocycles. The number of carbonyl (C=O) groups excluding carboxylic acids is 1. The second-order valence-electron chi connectivity index (χ2n) is 7.12. The summed E-state index contributed by atoms with van der Waals surface area (Å²) < 4.78 is 0. The van der Waals surface area contributed by atoms with E-state index in [1.807, 2.05) is 48.5 Å². The molecule has 28 heavy (non-hydrogen) atoms. The molecular formula is C25H24N2O. The van der Waals surface area contributed by atoms with Gasteiger partial charge in [0.25, 0.3) is 0 Å². The summed E-state index contributed by atoms with van der Waals surface area (Å²) in [6.07, 6.45) is 0. The lowest BCUT2D eigenvalue weighted by molar-refractivity contribution is -0.121. The molecule has 4 aromatic rings. The molecule has 3 nitrogen and oxygen atoms in total. The van der Waals surface area contributed by atoms with Crippen molar-refractivity contribution in [1.29, 1.82) is 0 Å². The lowest BCUT2D eigenvalue weighted by Gasteiger charge is -2.23. The van der Waals surface area contributed by atoms with Gasteiger partial charge in [-0.2, -0.15) is 0 Å². The van der Waals surface area contributed by atoms with Gasteiger partial charge in [-0.15, -0.1) is 0 Å². The van der Waals surface area contributed by atoms with Crippen LogP contribution in [0.5, 0.6) is 0 Å². The van der Waals surface area contributed by atoms with Crippen molar-refractivity contribution in [3.05, 3.63) is 96.1 Å². The van der Waals surface area contributed by atoms with E-state index in [4.69, 9.17) is 11.5 Å². The minimum Gasteiger partial charge on any atom is -0.329 e. The fourth-order valence-electron chi connectivity index (χ4n) is 4.14. The molecule has 140 valence electrons. The number of hydrogen-bond donors (Lipinski definition) is 2. The Balaban J connectivity index is 1.80. The zero-order chi connectivity index (χ0) is 19.5. The third-order valence-corrected chi connectivity index (χ3v) is 5.56. The number of hydrogen-bond acceptors (Lipinski definition) is 3. The quantitative estimate of drug-likeness (QED) is 0.532. The highest BCUT2D eigenvalue weighted by Crippen LogP contribution is 2.33. The summed E-state index contributed by atoms with van der Waals surface area (Å²) in [5.41, 5.74) is 14.2. The van der Waals surface area contributed by atoms with Crippen molar-refractivity contribution in [1.82, 2.24) is 0 Å². The normalized spacial score (nSPS) is 13.5. The number of rotatable bonds is 6. The largest absolute Gasteiger partial charge is 0.329 e. The fraction of sp³-hybridized carbons (Fsp3) is 0.160. The fourth-order valence-corrected chi connectivity index (χ4v) is 4.14. The molecule has 0 saturated carbocycles.